The van der Waals surface area contributed by atoms with Gasteiger partial charge in [0.25, 0.3) is 0 Å². The van der Waals surface area contributed by atoms with E-state index < -0.39 is 0 Å². The SMILES string of the molecule is N#CCc1nn(-c2cccc(F)c2)cc1Br. The Bertz CT molecular complexity index is 557. The first-order chi connectivity index (χ1) is 7.70. The predicted molar refractivity (Wildman–Crippen MR) is 60.5 cm³/mol. The summed E-state index contributed by atoms with van der Waals surface area (Å²) in [6.07, 6.45) is 1.93. The average molecular weight is 280 g/mol. The van der Waals surface area contributed by atoms with E-state index in [-0.39, 0.29) is 12.2 Å². The van der Waals surface area contributed by atoms with Crippen molar-refractivity contribution in [3.8, 4) is 11.8 Å². The van der Waals surface area contributed by atoms with Crippen LogP contribution in [0.1, 0.15) is 5.69 Å². The summed E-state index contributed by atoms with van der Waals surface area (Å²) < 4.78 is 15.3. The number of hydrogen-bond acceptors (Lipinski definition) is 2. The minimum atomic E-state index is -0.314. The fraction of sp³-hybridized carbons (Fsp3) is 0.0909. The Morgan fingerprint density at radius 2 is 2.31 bits per heavy atom. The van der Waals surface area contributed by atoms with Crippen molar-refractivity contribution >= 4 is 15.9 Å². The van der Waals surface area contributed by atoms with Crippen molar-refractivity contribution in [2.24, 2.45) is 0 Å². The monoisotopic (exact) mass is 279 g/mol. The Labute approximate surface area is 100 Å². The number of nitriles is 1. The molecule has 0 aliphatic carbocycles. The zero-order valence-electron chi connectivity index (χ0n) is 8.19. The van der Waals surface area contributed by atoms with Crippen LogP contribution in [0, 0.1) is 17.1 Å². The molecule has 80 valence electrons. The highest BCUT2D eigenvalue weighted by Gasteiger charge is 2.07. The lowest BCUT2D eigenvalue weighted by Crippen LogP contribution is -1.96. The van der Waals surface area contributed by atoms with Gasteiger partial charge in [-0.25, -0.2) is 9.07 Å². The number of halogens is 2. The number of nitrogens with zero attached hydrogens (tertiary/aromatic N) is 3. The van der Waals surface area contributed by atoms with Gasteiger partial charge in [-0.3, -0.25) is 0 Å². The number of benzene rings is 1. The molecule has 0 saturated heterocycles. The van der Waals surface area contributed by atoms with Crippen molar-refractivity contribution in [1.82, 2.24) is 9.78 Å². The van der Waals surface area contributed by atoms with Gasteiger partial charge in [-0.2, -0.15) is 10.4 Å². The van der Waals surface area contributed by atoms with Crippen LogP contribution in [-0.4, -0.2) is 9.78 Å². The van der Waals surface area contributed by atoms with E-state index in [0.29, 0.717) is 11.4 Å². The van der Waals surface area contributed by atoms with Crippen molar-refractivity contribution in [3.63, 3.8) is 0 Å². The maximum absolute atomic E-state index is 13.0. The van der Waals surface area contributed by atoms with Gasteiger partial charge in [0.2, 0.25) is 0 Å². The van der Waals surface area contributed by atoms with Crippen LogP contribution in [0.15, 0.2) is 34.9 Å². The van der Waals surface area contributed by atoms with Crippen LogP contribution in [0.5, 0.6) is 0 Å². The quantitative estimate of drug-likeness (QED) is 0.848. The molecule has 1 aromatic heterocycles. The van der Waals surface area contributed by atoms with Crippen LogP contribution in [0.2, 0.25) is 0 Å². The van der Waals surface area contributed by atoms with E-state index in [9.17, 15) is 4.39 Å². The Balaban J connectivity index is 2.42. The van der Waals surface area contributed by atoms with Gasteiger partial charge in [-0.15, -0.1) is 0 Å². The molecule has 0 N–H and O–H groups in total. The molecule has 16 heavy (non-hydrogen) atoms. The van der Waals surface area contributed by atoms with Crippen molar-refractivity contribution < 1.29 is 4.39 Å². The predicted octanol–water partition coefficient (Wildman–Crippen LogP) is 2.84. The molecule has 1 aromatic carbocycles. The fourth-order valence-electron chi connectivity index (χ4n) is 1.33. The zero-order valence-corrected chi connectivity index (χ0v) is 9.78. The molecule has 0 saturated carbocycles. The molecule has 0 radical (unpaired) electrons. The maximum Gasteiger partial charge on any atom is 0.125 e. The van der Waals surface area contributed by atoms with Gasteiger partial charge in [0.1, 0.15) is 5.82 Å². The first-order valence-electron chi connectivity index (χ1n) is 4.57. The second kappa shape index (κ2) is 4.45. The molecule has 0 aliphatic rings. The molecular weight excluding hydrogens is 273 g/mol. The van der Waals surface area contributed by atoms with Crippen LogP contribution < -0.4 is 0 Å². The number of aromatic nitrogens is 2. The van der Waals surface area contributed by atoms with E-state index >= 15 is 0 Å². The molecule has 0 atom stereocenters. The Morgan fingerprint density at radius 3 is 3.00 bits per heavy atom. The summed E-state index contributed by atoms with van der Waals surface area (Å²) in [5.41, 5.74) is 1.27. The molecule has 0 spiro atoms. The summed E-state index contributed by atoms with van der Waals surface area (Å²) in [6, 6.07) is 8.14. The van der Waals surface area contributed by atoms with Gasteiger partial charge in [0.15, 0.2) is 0 Å². The summed E-state index contributed by atoms with van der Waals surface area (Å²) in [6.45, 7) is 0. The van der Waals surface area contributed by atoms with Crippen LogP contribution >= 0.6 is 15.9 Å². The molecule has 1 heterocycles. The Hall–Kier alpha value is -1.67. The van der Waals surface area contributed by atoms with E-state index in [0.717, 1.165) is 4.47 Å². The maximum atomic E-state index is 13.0. The van der Waals surface area contributed by atoms with Crippen LogP contribution in [0.4, 0.5) is 4.39 Å². The molecule has 0 bridgehead atoms. The van der Waals surface area contributed by atoms with Crippen LogP contribution in [-0.2, 0) is 6.42 Å². The van der Waals surface area contributed by atoms with Gasteiger partial charge in [-0.05, 0) is 34.1 Å². The summed E-state index contributed by atoms with van der Waals surface area (Å²) >= 11 is 3.31. The summed E-state index contributed by atoms with van der Waals surface area (Å²) in [5.74, 6) is -0.314. The third-order valence-corrected chi connectivity index (χ3v) is 2.72. The van der Waals surface area contributed by atoms with Gasteiger partial charge < -0.3 is 0 Å². The zero-order chi connectivity index (χ0) is 11.5. The van der Waals surface area contributed by atoms with E-state index in [1.54, 1.807) is 23.0 Å². The molecular formula is C11H7BrFN3. The van der Waals surface area contributed by atoms with Gasteiger partial charge in [0.05, 0.1) is 28.3 Å². The number of hydrogen-bond donors (Lipinski definition) is 0. The van der Waals surface area contributed by atoms with Gasteiger partial charge in [0, 0.05) is 6.20 Å². The lowest BCUT2D eigenvalue weighted by Gasteiger charge is -1.99. The Morgan fingerprint density at radius 1 is 1.50 bits per heavy atom. The van der Waals surface area contributed by atoms with Crippen LogP contribution in [0.3, 0.4) is 0 Å². The van der Waals surface area contributed by atoms with E-state index in [4.69, 9.17) is 5.26 Å². The molecule has 0 amide bonds. The van der Waals surface area contributed by atoms with E-state index in [1.165, 1.54) is 12.1 Å². The summed E-state index contributed by atoms with van der Waals surface area (Å²) in [4.78, 5) is 0. The molecule has 0 aliphatic heterocycles. The largest absolute Gasteiger partial charge is 0.239 e. The second-order valence-corrected chi connectivity index (χ2v) is 4.04. The van der Waals surface area contributed by atoms with Crippen molar-refractivity contribution in [2.75, 3.05) is 0 Å². The summed E-state index contributed by atoms with van der Waals surface area (Å²) in [7, 11) is 0. The van der Waals surface area contributed by atoms with E-state index in [2.05, 4.69) is 21.0 Å². The third-order valence-electron chi connectivity index (χ3n) is 2.06. The fourth-order valence-corrected chi connectivity index (χ4v) is 1.75. The minimum Gasteiger partial charge on any atom is -0.239 e. The molecule has 0 unspecified atom stereocenters. The highest BCUT2D eigenvalue weighted by Crippen LogP contribution is 2.18. The highest BCUT2D eigenvalue weighted by molar-refractivity contribution is 9.10. The summed E-state index contributed by atoms with van der Waals surface area (Å²) in [5, 5.41) is 12.8. The topological polar surface area (TPSA) is 41.6 Å². The van der Waals surface area contributed by atoms with Crippen molar-refractivity contribution in [1.29, 1.82) is 5.26 Å². The lowest BCUT2D eigenvalue weighted by atomic mass is 10.3. The minimum absolute atomic E-state index is 0.225. The molecule has 3 nitrogen and oxygen atoms in total. The van der Waals surface area contributed by atoms with Gasteiger partial charge >= 0.3 is 0 Å². The molecule has 0 fully saturated rings. The normalized spacial score (nSPS) is 10.1. The molecule has 2 rings (SSSR count). The standard InChI is InChI=1S/C11H7BrFN3/c12-10-7-16(15-11(10)4-5-14)9-3-1-2-8(13)6-9/h1-3,6-7H,4H2. The van der Waals surface area contributed by atoms with Crippen molar-refractivity contribution in [3.05, 3.63) is 46.4 Å². The first-order valence-corrected chi connectivity index (χ1v) is 5.37. The Kier molecular flexibility index (Phi) is 3.02. The molecule has 2 aromatic rings. The van der Waals surface area contributed by atoms with E-state index in [1.807, 2.05) is 6.07 Å². The lowest BCUT2D eigenvalue weighted by molar-refractivity contribution is 0.625. The van der Waals surface area contributed by atoms with Crippen molar-refractivity contribution in [2.45, 2.75) is 6.42 Å². The highest BCUT2D eigenvalue weighted by atomic mass is 79.9. The first kappa shape index (κ1) is 10.8. The second-order valence-electron chi connectivity index (χ2n) is 3.18. The van der Waals surface area contributed by atoms with Gasteiger partial charge in [-0.1, -0.05) is 6.07 Å². The number of rotatable bonds is 2. The third kappa shape index (κ3) is 2.12. The molecule has 5 heteroatoms. The average Bonchev–Trinajstić information content (AvgIpc) is 2.61. The smallest absolute Gasteiger partial charge is 0.125 e. The van der Waals surface area contributed by atoms with Crippen LogP contribution in [0.25, 0.3) is 5.69 Å².